The van der Waals surface area contributed by atoms with E-state index in [4.69, 9.17) is 11.6 Å². The van der Waals surface area contributed by atoms with Crippen LogP contribution in [-0.2, 0) is 6.42 Å². The predicted octanol–water partition coefficient (Wildman–Crippen LogP) is 4.15. The number of benzene rings is 1. The molecule has 19 heavy (non-hydrogen) atoms. The Morgan fingerprint density at radius 2 is 2.00 bits per heavy atom. The second kappa shape index (κ2) is 6.73. The maximum absolute atomic E-state index is 11.9. The van der Waals surface area contributed by atoms with Gasteiger partial charge in [-0.1, -0.05) is 41.9 Å². The van der Waals surface area contributed by atoms with Gasteiger partial charge in [0.15, 0.2) is 0 Å². The molecular formula is C15H16ClNOS. The Balaban J connectivity index is 1.81. The molecule has 1 atom stereocenters. The first-order valence-electron chi connectivity index (χ1n) is 6.25. The third-order valence-corrected chi connectivity index (χ3v) is 4.11. The van der Waals surface area contributed by atoms with Gasteiger partial charge in [-0.2, -0.15) is 0 Å². The molecule has 0 fully saturated rings. The smallest absolute Gasteiger partial charge is 0.261 e. The van der Waals surface area contributed by atoms with Crippen molar-refractivity contribution in [2.45, 2.75) is 25.8 Å². The summed E-state index contributed by atoms with van der Waals surface area (Å²) in [5.74, 6) is -0.0440. The van der Waals surface area contributed by atoms with E-state index < -0.39 is 0 Å². The van der Waals surface area contributed by atoms with Crippen LogP contribution in [0.25, 0.3) is 0 Å². The monoisotopic (exact) mass is 293 g/mol. The minimum absolute atomic E-state index is 0.0440. The van der Waals surface area contributed by atoms with Gasteiger partial charge in [-0.25, -0.2) is 0 Å². The van der Waals surface area contributed by atoms with Gasteiger partial charge in [0, 0.05) is 6.04 Å². The summed E-state index contributed by atoms with van der Waals surface area (Å²) in [5, 5.41) is 2.99. The second-order valence-corrected chi connectivity index (χ2v) is 6.22. The molecular weight excluding hydrogens is 278 g/mol. The first-order valence-corrected chi connectivity index (χ1v) is 7.45. The molecule has 0 aliphatic rings. The molecule has 1 aromatic heterocycles. The molecule has 1 heterocycles. The van der Waals surface area contributed by atoms with E-state index in [1.165, 1.54) is 16.9 Å². The molecule has 0 spiro atoms. The lowest BCUT2D eigenvalue weighted by molar-refractivity contribution is 0.0942. The molecule has 2 aromatic rings. The van der Waals surface area contributed by atoms with Gasteiger partial charge in [-0.05, 0) is 37.5 Å². The second-order valence-electron chi connectivity index (χ2n) is 4.50. The topological polar surface area (TPSA) is 29.1 Å². The van der Waals surface area contributed by atoms with Crippen LogP contribution in [0.1, 0.15) is 28.6 Å². The van der Waals surface area contributed by atoms with E-state index in [2.05, 4.69) is 17.4 Å². The first kappa shape index (κ1) is 14.1. The van der Waals surface area contributed by atoms with Crippen LogP contribution in [0.2, 0.25) is 4.34 Å². The summed E-state index contributed by atoms with van der Waals surface area (Å²) < 4.78 is 0.641. The van der Waals surface area contributed by atoms with Gasteiger partial charge < -0.3 is 5.32 Å². The number of hydrogen-bond acceptors (Lipinski definition) is 2. The predicted molar refractivity (Wildman–Crippen MR) is 81.0 cm³/mol. The fraction of sp³-hybridized carbons (Fsp3) is 0.267. The van der Waals surface area contributed by atoms with E-state index in [1.54, 1.807) is 12.1 Å². The van der Waals surface area contributed by atoms with Crippen molar-refractivity contribution in [2.75, 3.05) is 0 Å². The highest BCUT2D eigenvalue weighted by Crippen LogP contribution is 2.21. The third kappa shape index (κ3) is 4.37. The zero-order valence-corrected chi connectivity index (χ0v) is 12.3. The van der Waals surface area contributed by atoms with E-state index in [9.17, 15) is 4.79 Å². The van der Waals surface area contributed by atoms with Crippen molar-refractivity contribution < 1.29 is 4.79 Å². The zero-order valence-electron chi connectivity index (χ0n) is 10.7. The van der Waals surface area contributed by atoms with E-state index >= 15 is 0 Å². The maximum Gasteiger partial charge on any atom is 0.261 e. The quantitative estimate of drug-likeness (QED) is 0.881. The van der Waals surface area contributed by atoms with Crippen LogP contribution in [0.15, 0.2) is 42.5 Å². The number of halogens is 1. The Hall–Kier alpha value is -1.32. The summed E-state index contributed by atoms with van der Waals surface area (Å²) in [6, 6.07) is 13.9. The normalized spacial score (nSPS) is 12.1. The molecule has 0 saturated heterocycles. The molecule has 100 valence electrons. The Morgan fingerprint density at radius 1 is 1.26 bits per heavy atom. The number of carbonyl (C=O) groups excluding carboxylic acids is 1. The summed E-state index contributed by atoms with van der Waals surface area (Å²) in [7, 11) is 0. The van der Waals surface area contributed by atoms with Crippen LogP contribution in [0.4, 0.5) is 0 Å². The fourth-order valence-corrected chi connectivity index (χ4v) is 2.78. The number of nitrogens with one attached hydrogen (secondary N) is 1. The van der Waals surface area contributed by atoms with Crippen molar-refractivity contribution in [1.82, 2.24) is 5.32 Å². The van der Waals surface area contributed by atoms with Gasteiger partial charge in [0.1, 0.15) is 0 Å². The molecule has 2 rings (SSSR count). The highest BCUT2D eigenvalue weighted by atomic mass is 35.5. The summed E-state index contributed by atoms with van der Waals surface area (Å²) >= 11 is 7.13. The lowest BCUT2D eigenvalue weighted by Crippen LogP contribution is -2.32. The number of hydrogen-bond donors (Lipinski definition) is 1. The van der Waals surface area contributed by atoms with Crippen LogP contribution < -0.4 is 5.32 Å². The molecule has 1 unspecified atom stereocenters. The van der Waals surface area contributed by atoms with Crippen molar-refractivity contribution in [3.63, 3.8) is 0 Å². The highest BCUT2D eigenvalue weighted by Gasteiger charge is 2.11. The van der Waals surface area contributed by atoms with Crippen LogP contribution in [0.3, 0.4) is 0 Å². The Morgan fingerprint density at radius 3 is 2.63 bits per heavy atom. The molecule has 0 saturated carbocycles. The summed E-state index contributed by atoms with van der Waals surface area (Å²) in [6.45, 7) is 2.02. The van der Waals surface area contributed by atoms with Crippen molar-refractivity contribution in [3.05, 3.63) is 57.2 Å². The fourth-order valence-electron chi connectivity index (χ4n) is 1.83. The molecule has 4 heteroatoms. The van der Waals surface area contributed by atoms with Gasteiger partial charge in [0.2, 0.25) is 0 Å². The maximum atomic E-state index is 11.9. The van der Waals surface area contributed by atoms with Crippen molar-refractivity contribution in [2.24, 2.45) is 0 Å². The summed E-state index contributed by atoms with van der Waals surface area (Å²) in [6.07, 6.45) is 1.89. The number of rotatable bonds is 5. The Bertz CT molecular complexity index is 538. The van der Waals surface area contributed by atoms with Crippen molar-refractivity contribution >= 4 is 28.8 Å². The van der Waals surface area contributed by atoms with Crippen LogP contribution >= 0.6 is 22.9 Å². The van der Waals surface area contributed by atoms with Crippen LogP contribution in [0.5, 0.6) is 0 Å². The average molecular weight is 294 g/mol. The highest BCUT2D eigenvalue weighted by molar-refractivity contribution is 7.17. The van der Waals surface area contributed by atoms with E-state index in [-0.39, 0.29) is 11.9 Å². The average Bonchev–Trinajstić information content (AvgIpc) is 2.84. The Kier molecular flexibility index (Phi) is 5.00. The van der Waals surface area contributed by atoms with E-state index in [1.807, 2.05) is 25.1 Å². The molecule has 1 aromatic carbocycles. The van der Waals surface area contributed by atoms with Crippen molar-refractivity contribution in [1.29, 1.82) is 0 Å². The minimum atomic E-state index is -0.0440. The van der Waals surface area contributed by atoms with Crippen molar-refractivity contribution in [3.8, 4) is 0 Å². The Labute approximate surface area is 122 Å². The zero-order chi connectivity index (χ0) is 13.7. The summed E-state index contributed by atoms with van der Waals surface area (Å²) in [5.41, 5.74) is 1.29. The SMILES string of the molecule is CC(CCc1ccccc1)NC(=O)c1ccc(Cl)s1. The first-order chi connectivity index (χ1) is 9.15. The molecule has 2 nitrogen and oxygen atoms in total. The molecule has 0 radical (unpaired) electrons. The standard InChI is InChI=1S/C15H16ClNOS/c1-11(7-8-12-5-3-2-4-6-12)17-15(18)13-9-10-14(16)19-13/h2-6,9-11H,7-8H2,1H3,(H,17,18). The van der Waals surface area contributed by atoms with Gasteiger partial charge in [-0.3, -0.25) is 4.79 Å². The molecule has 0 aliphatic carbocycles. The lowest BCUT2D eigenvalue weighted by Gasteiger charge is -2.13. The number of thiophene rings is 1. The molecule has 0 bridgehead atoms. The summed E-state index contributed by atoms with van der Waals surface area (Å²) in [4.78, 5) is 12.6. The minimum Gasteiger partial charge on any atom is -0.349 e. The van der Waals surface area contributed by atoms with Gasteiger partial charge in [0.25, 0.3) is 5.91 Å². The number of carbonyl (C=O) groups is 1. The van der Waals surface area contributed by atoms with E-state index in [0.717, 1.165) is 12.8 Å². The van der Waals surface area contributed by atoms with E-state index in [0.29, 0.717) is 9.21 Å². The van der Waals surface area contributed by atoms with Crippen LogP contribution in [-0.4, -0.2) is 11.9 Å². The number of aryl methyl sites for hydroxylation is 1. The number of amides is 1. The largest absolute Gasteiger partial charge is 0.349 e. The van der Waals surface area contributed by atoms with Gasteiger partial charge in [0.05, 0.1) is 9.21 Å². The third-order valence-electron chi connectivity index (χ3n) is 2.88. The molecule has 0 aliphatic heterocycles. The molecule has 1 N–H and O–H groups in total. The van der Waals surface area contributed by atoms with Gasteiger partial charge in [-0.15, -0.1) is 11.3 Å². The van der Waals surface area contributed by atoms with Gasteiger partial charge >= 0.3 is 0 Å². The van der Waals surface area contributed by atoms with Crippen LogP contribution in [0, 0.1) is 0 Å². The lowest BCUT2D eigenvalue weighted by atomic mass is 10.1. The molecule has 1 amide bonds.